The first-order valence-electron chi connectivity index (χ1n) is 6.36. The van der Waals surface area contributed by atoms with E-state index in [1.165, 1.54) is 17.0 Å². The van der Waals surface area contributed by atoms with Crippen molar-refractivity contribution in [2.75, 3.05) is 0 Å². The Morgan fingerprint density at radius 3 is 2.70 bits per heavy atom. The summed E-state index contributed by atoms with van der Waals surface area (Å²) < 4.78 is 3.29. The van der Waals surface area contributed by atoms with Crippen molar-refractivity contribution in [1.29, 1.82) is 0 Å². The normalized spacial score (nSPS) is 10.8. The van der Waals surface area contributed by atoms with E-state index in [0.29, 0.717) is 10.6 Å². The van der Waals surface area contributed by atoms with Gasteiger partial charge in [-0.3, -0.25) is 9.36 Å². The number of carbonyl (C=O) groups is 1. The Morgan fingerprint density at radius 1 is 1.40 bits per heavy atom. The number of ketones is 1. The highest BCUT2D eigenvalue weighted by Gasteiger charge is 2.16. The van der Waals surface area contributed by atoms with Crippen LogP contribution in [-0.4, -0.2) is 19.9 Å². The van der Waals surface area contributed by atoms with E-state index >= 15 is 0 Å². The van der Waals surface area contributed by atoms with E-state index in [1.807, 2.05) is 26.8 Å². The lowest BCUT2D eigenvalue weighted by Crippen LogP contribution is -2.25. The van der Waals surface area contributed by atoms with Gasteiger partial charge in [0.2, 0.25) is 0 Å². The van der Waals surface area contributed by atoms with Crippen molar-refractivity contribution in [3.63, 3.8) is 0 Å². The molecule has 0 aliphatic rings. The van der Waals surface area contributed by atoms with Gasteiger partial charge in [-0.2, -0.15) is 0 Å². The van der Waals surface area contributed by atoms with Crippen LogP contribution in [0.2, 0.25) is 5.02 Å². The van der Waals surface area contributed by atoms with E-state index in [0.717, 1.165) is 17.9 Å². The predicted molar refractivity (Wildman–Crippen MR) is 77.4 cm³/mol. The molecule has 0 saturated heterocycles. The summed E-state index contributed by atoms with van der Waals surface area (Å²) >= 11 is 5.79. The summed E-state index contributed by atoms with van der Waals surface area (Å²) in [6, 6.07) is 1.85. The molecule has 2 aromatic heterocycles. The molecule has 0 saturated carbocycles. The van der Waals surface area contributed by atoms with Crippen LogP contribution in [0.1, 0.15) is 28.7 Å². The van der Waals surface area contributed by atoms with Crippen LogP contribution in [0.3, 0.4) is 0 Å². The van der Waals surface area contributed by atoms with Gasteiger partial charge in [-0.25, -0.2) is 9.78 Å². The van der Waals surface area contributed by atoms with E-state index < -0.39 is 5.69 Å². The number of nitrogens with zero attached hydrogens (tertiary/aromatic N) is 3. The van der Waals surface area contributed by atoms with Crippen LogP contribution in [0.5, 0.6) is 0 Å². The quantitative estimate of drug-likeness (QED) is 0.812. The molecule has 0 aromatic carbocycles. The fourth-order valence-corrected chi connectivity index (χ4v) is 2.52. The monoisotopic (exact) mass is 293 g/mol. The number of hydrogen-bond donors (Lipinski definition) is 0. The first kappa shape index (κ1) is 14.5. The van der Waals surface area contributed by atoms with Gasteiger partial charge < -0.3 is 4.57 Å². The largest absolute Gasteiger partial charge is 0.349 e. The maximum atomic E-state index is 12.3. The topological polar surface area (TPSA) is 56.9 Å². The molecule has 6 heteroatoms. The molecule has 20 heavy (non-hydrogen) atoms. The molecule has 0 aliphatic carbocycles. The summed E-state index contributed by atoms with van der Waals surface area (Å²) in [6.07, 6.45) is 2.70. The SMILES string of the molecule is CCn1c(C)cc(C(=O)Cn2cc(Cl)cnc2=O)c1C. The van der Waals surface area contributed by atoms with Gasteiger partial charge in [-0.1, -0.05) is 11.6 Å². The summed E-state index contributed by atoms with van der Waals surface area (Å²) in [5, 5.41) is 0.330. The molecule has 106 valence electrons. The second-order valence-corrected chi connectivity index (χ2v) is 5.07. The predicted octanol–water partition coefficient (Wildman–Crippen LogP) is 2.22. The van der Waals surface area contributed by atoms with Crippen molar-refractivity contribution in [1.82, 2.24) is 14.1 Å². The van der Waals surface area contributed by atoms with E-state index in [-0.39, 0.29) is 12.3 Å². The average molecular weight is 294 g/mol. The van der Waals surface area contributed by atoms with Gasteiger partial charge in [0.15, 0.2) is 5.78 Å². The fraction of sp³-hybridized carbons (Fsp3) is 0.357. The molecule has 0 N–H and O–H groups in total. The maximum Gasteiger partial charge on any atom is 0.348 e. The van der Waals surface area contributed by atoms with Gasteiger partial charge in [-0.15, -0.1) is 0 Å². The molecule has 5 nitrogen and oxygen atoms in total. The number of hydrogen-bond acceptors (Lipinski definition) is 3. The molecule has 2 aromatic rings. The Morgan fingerprint density at radius 2 is 2.10 bits per heavy atom. The van der Waals surface area contributed by atoms with Crippen LogP contribution in [0.4, 0.5) is 0 Å². The minimum absolute atomic E-state index is 0.0552. The van der Waals surface area contributed by atoms with Crippen molar-refractivity contribution in [2.24, 2.45) is 0 Å². The van der Waals surface area contributed by atoms with Crippen LogP contribution >= 0.6 is 11.6 Å². The Bertz CT molecular complexity index is 716. The first-order valence-corrected chi connectivity index (χ1v) is 6.73. The molecule has 0 fully saturated rings. The summed E-state index contributed by atoms with van der Waals surface area (Å²) in [4.78, 5) is 27.5. The molecule has 2 rings (SSSR count). The van der Waals surface area contributed by atoms with Gasteiger partial charge in [0.05, 0.1) is 17.8 Å². The molecule has 0 aliphatic heterocycles. The van der Waals surface area contributed by atoms with Crippen LogP contribution in [-0.2, 0) is 13.1 Å². The number of rotatable bonds is 4. The zero-order valence-corrected chi connectivity index (χ0v) is 12.4. The highest BCUT2D eigenvalue weighted by atomic mass is 35.5. The summed E-state index contributed by atoms with van der Waals surface area (Å²) in [7, 11) is 0. The molecular weight excluding hydrogens is 278 g/mol. The third-order valence-electron chi connectivity index (χ3n) is 3.33. The number of aromatic nitrogens is 3. The third-order valence-corrected chi connectivity index (χ3v) is 3.52. The van der Waals surface area contributed by atoms with Crippen molar-refractivity contribution in [2.45, 2.75) is 33.9 Å². The molecule has 0 radical (unpaired) electrons. The molecular formula is C14H16ClN3O2. The second kappa shape index (κ2) is 5.63. The average Bonchev–Trinajstić information content (AvgIpc) is 2.69. The van der Waals surface area contributed by atoms with Crippen LogP contribution in [0, 0.1) is 13.8 Å². The van der Waals surface area contributed by atoms with Gasteiger partial charge >= 0.3 is 5.69 Å². The molecule has 0 atom stereocenters. The lowest BCUT2D eigenvalue weighted by molar-refractivity contribution is 0.0969. The summed E-state index contributed by atoms with van der Waals surface area (Å²) in [5.41, 5.74) is 2.10. The Labute approximate surface area is 121 Å². The Kier molecular flexibility index (Phi) is 4.09. The minimum Gasteiger partial charge on any atom is -0.349 e. The maximum absolute atomic E-state index is 12.3. The van der Waals surface area contributed by atoms with Crippen LogP contribution < -0.4 is 5.69 Å². The van der Waals surface area contributed by atoms with E-state index in [1.54, 1.807) is 0 Å². The molecule has 0 bridgehead atoms. The van der Waals surface area contributed by atoms with Gasteiger partial charge in [0.1, 0.15) is 0 Å². The van der Waals surface area contributed by atoms with Crippen molar-refractivity contribution >= 4 is 17.4 Å². The number of aryl methyl sites for hydroxylation is 1. The fourth-order valence-electron chi connectivity index (χ4n) is 2.35. The van der Waals surface area contributed by atoms with E-state index in [4.69, 9.17) is 11.6 Å². The lowest BCUT2D eigenvalue weighted by atomic mass is 10.1. The highest BCUT2D eigenvalue weighted by Crippen LogP contribution is 2.16. The summed E-state index contributed by atoms with van der Waals surface area (Å²) in [6.45, 7) is 6.65. The smallest absolute Gasteiger partial charge is 0.348 e. The number of halogens is 1. The van der Waals surface area contributed by atoms with Gasteiger partial charge in [0, 0.05) is 29.7 Å². The molecule has 0 amide bonds. The number of carbonyl (C=O) groups excluding carboxylic acids is 1. The molecule has 2 heterocycles. The highest BCUT2D eigenvalue weighted by molar-refractivity contribution is 6.30. The second-order valence-electron chi connectivity index (χ2n) is 4.63. The zero-order chi connectivity index (χ0) is 14.9. The van der Waals surface area contributed by atoms with E-state index in [9.17, 15) is 9.59 Å². The first-order chi connectivity index (χ1) is 9.43. The number of Topliss-reactive ketones (excluding diaryl/α,β-unsaturated/α-hetero) is 1. The minimum atomic E-state index is -0.480. The third kappa shape index (κ3) is 2.67. The van der Waals surface area contributed by atoms with Crippen molar-refractivity contribution in [3.05, 3.63) is 50.9 Å². The van der Waals surface area contributed by atoms with Gasteiger partial charge in [0.25, 0.3) is 0 Å². The zero-order valence-electron chi connectivity index (χ0n) is 11.7. The van der Waals surface area contributed by atoms with Crippen LogP contribution in [0.25, 0.3) is 0 Å². The Balaban J connectivity index is 2.33. The van der Waals surface area contributed by atoms with Crippen LogP contribution in [0.15, 0.2) is 23.3 Å². The Hall–Kier alpha value is -1.88. The molecule has 0 spiro atoms. The standard InChI is InChI=1S/C14H16ClN3O2/c1-4-18-9(2)5-12(10(18)3)13(19)8-17-7-11(15)6-16-14(17)20/h5-7H,4,8H2,1-3H3. The lowest BCUT2D eigenvalue weighted by Gasteiger charge is -2.06. The van der Waals surface area contributed by atoms with Crippen molar-refractivity contribution < 1.29 is 4.79 Å². The van der Waals surface area contributed by atoms with E-state index in [2.05, 4.69) is 9.55 Å². The van der Waals surface area contributed by atoms with Gasteiger partial charge in [-0.05, 0) is 26.8 Å². The summed E-state index contributed by atoms with van der Waals surface area (Å²) in [5.74, 6) is -0.121. The van der Waals surface area contributed by atoms with Crippen molar-refractivity contribution in [3.8, 4) is 0 Å². The molecule has 0 unspecified atom stereocenters.